The third-order valence-corrected chi connectivity index (χ3v) is 2.74. The quantitative estimate of drug-likeness (QED) is 0.798. The Labute approximate surface area is 96.0 Å². The number of alkyl halides is 3. The minimum absolute atomic E-state index is 0.0267. The van der Waals surface area contributed by atoms with Crippen molar-refractivity contribution in [1.82, 2.24) is 10.6 Å². The highest BCUT2D eigenvalue weighted by Crippen LogP contribution is 2.32. The molecule has 0 aromatic heterocycles. The molecule has 94 valence electrons. The van der Waals surface area contributed by atoms with Gasteiger partial charge in [0.05, 0.1) is 5.56 Å². The van der Waals surface area contributed by atoms with Gasteiger partial charge < -0.3 is 10.6 Å². The van der Waals surface area contributed by atoms with Gasteiger partial charge in [-0.1, -0.05) is 0 Å². The second kappa shape index (κ2) is 4.62. The predicted octanol–water partition coefficient (Wildman–Crippen LogP) is 1.91. The molecule has 2 N–H and O–H groups in total. The van der Waals surface area contributed by atoms with E-state index in [2.05, 4.69) is 10.6 Å². The highest BCUT2D eigenvalue weighted by atomic mass is 19.4. The topological polar surface area (TPSA) is 24.1 Å². The van der Waals surface area contributed by atoms with Crippen molar-refractivity contribution in [2.24, 2.45) is 0 Å². The Morgan fingerprint density at radius 1 is 1.29 bits per heavy atom. The Balaban J connectivity index is 2.14. The summed E-state index contributed by atoms with van der Waals surface area (Å²) in [5.41, 5.74) is -0.830. The number of halogens is 4. The molecule has 1 aliphatic heterocycles. The molecule has 1 fully saturated rings. The van der Waals surface area contributed by atoms with E-state index in [1.165, 1.54) is 0 Å². The molecule has 0 saturated carbocycles. The molecular weight excluding hydrogens is 236 g/mol. The fraction of sp³-hybridized carbons (Fsp3) is 0.455. The van der Waals surface area contributed by atoms with Gasteiger partial charge in [-0.25, -0.2) is 4.39 Å². The Hall–Kier alpha value is -1.14. The molecule has 1 aromatic rings. The summed E-state index contributed by atoms with van der Waals surface area (Å²) in [6, 6.07) is 2.71. The van der Waals surface area contributed by atoms with E-state index in [0.29, 0.717) is 0 Å². The van der Waals surface area contributed by atoms with E-state index in [4.69, 9.17) is 0 Å². The van der Waals surface area contributed by atoms with E-state index in [-0.39, 0.29) is 18.2 Å². The summed E-state index contributed by atoms with van der Waals surface area (Å²) in [7, 11) is 0. The lowest BCUT2D eigenvalue weighted by atomic mass is 10.1. The minimum atomic E-state index is -4.44. The van der Waals surface area contributed by atoms with Crippen LogP contribution >= 0.6 is 0 Å². The van der Waals surface area contributed by atoms with Gasteiger partial charge in [0.25, 0.3) is 0 Å². The Morgan fingerprint density at radius 3 is 2.53 bits per heavy atom. The van der Waals surface area contributed by atoms with Gasteiger partial charge in [0.15, 0.2) is 0 Å². The SMILES string of the molecule is Fc1ccc(C(F)(F)F)c(CNC2CNC2)c1. The smallest absolute Gasteiger partial charge is 0.314 e. The van der Waals surface area contributed by atoms with Crippen molar-refractivity contribution in [3.63, 3.8) is 0 Å². The van der Waals surface area contributed by atoms with Crippen molar-refractivity contribution in [2.45, 2.75) is 18.8 Å². The third kappa shape index (κ3) is 2.95. The molecule has 0 amide bonds. The predicted molar refractivity (Wildman–Crippen MR) is 54.9 cm³/mol. The van der Waals surface area contributed by atoms with Crippen LogP contribution in [0.1, 0.15) is 11.1 Å². The zero-order valence-corrected chi connectivity index (χ0v) is 8.94. The van der Waals surface area contributed by atoms with Crippen LogP contribution in [0.25, 0.3) is 0 Å². The first-order valence-electron chi connectivity index (χ1n) is 5.26. The van der Waals surface area contributed by atoms with Crippen LogP contribution in [-0.4, -0.2) is 19.1 Å². The maximum Gasteiger partial charge on any atom is 0.416 e. The van der Waals surface area contributed by atoms with E-state index in [1.54, 1.807) is 0 Å². The van der Waals surface area contributed by atoms with Crippen molar-refractivity contribution < 1.29 is 17.6 Å². The normalized spacial score (nSPS) is 16.9. The molecule has 17 heavy (non-hydrogen) atoms. The summed E-state index contributed by atoms with van der Waals surface area (Å²) < 4.78 is 50.9. The van der Waals surface area contributed by atoms with Gasteiger partial charge in [-0.2, -0.15) is 13.2 Å². The van der Waals surface area contributed by atoms with Crippen molar-refractivity contribution >= 4 is 0 Å². The van der Waals surface area contributed by atoms with Crippen molar-refractivity contribution in [2.75, 3.05) is 13.1 Å². The van der Waals surface area contributed by atoms with E-state index < -0.39 is 17.6 Å². The Kier molecular flexibility index (Phi) is 3.35. The number of nitrogens with one attached hydrogen (secondary N) is 2. The van der Waals surface area contributed by atoms with Gasteiger partial charge in [-0.3, -0.25) is 0 Å². The van der Waals surface area contributed by atoms with E-state index in [1.807, 2.05) is 0 Å². The number of hydrogen-bond donors (Lipinski definition) is 2. The molecule has 1 aromatic carbocycles. The molecule has 1 heterocycles. The summed E-state index contributed by atoms with van der Waals surface area (Å²) >= 11 is 0. The van der Waals surface area contributed by atoms with Crippen LogP contribution in [0.15, 0.2) is 18.2 Å². The fourth-order valence-corrected chi connectivity index (χ4v) is 1.67. The Bertz CT molecular complexity index is 399. The lowest BCUT2D eigenvalue weighted by Gasteiger charge is -2.28. The molecule has 1 aliphatic rings. The van der Waals surface area contributed by atoms with Crippen molar-refractivity contribution in [1.29, 1.82) is 0 Å². The first-order chi connectivity index (χ1) is 7.97. The fourth-order valence-electron chi connectivity index (χ4n) is 1.67. The first kappa shape index (κ1) is 12.3. The molecule has 2 nitrogen and oxygen atoms in total. The second-order valence-corrected chi connectivity index (χ2v) is 4.04. The highest BCUT2D eigenvalue weighted by Gasteiger charge is 2.33. The summed E-state index contributed by atoms with van der Waals surface area (Å²) in [4.78, 5) is 0. The average molecular weight is 248 g/mol. The summed E-state index contributed by atoms with van der Waals surface area (Å²) in [6.45, 7) is 1.49. The van der Waals surface area contributed by atoms with Gasteiger partial charge in [0.1, 0.15) is 5.82 Å². The van der Waals surface area contributed by atoms with E-state index >= 15 is 0 Å². The van der Waals surface area contributed by atoms with Crippen LogP contribution in [0, 0.1) is 5.82 Å². The molecule has 0 atom stereocenters. The number of hydrogen-bond acceptors (Lipinski definition) is 2. The van der Waals surface area contributed by atoms with Gasteiger partial charge >= 0.3 is 6.18 Å². The third-order valence-electron chi connectivity index (χ3n) is 2.74. The van der Waals surface area contributed by atoms with E-state index in [0.717, 1.165) is 31.3 Å². The van der Waals surface area contributed by atoms with Crippen LogP contribution in [0.3, 0.4) is 0 Å². The summed E-state index contributed by atoms with van der Waals surface area (Å²) in [5.74, 6) is -0.651. The van der Waals surface area contributed by atoms with Crippen LogP contribution in [0.4, 0.5) is 17.6 Å². The van der Waals surface area contributed by atoms with E-state index in [9.17, 15) is 17.6 Å². The molecule has 0 aliphatic carbocycles. The monoisotopic (exact) mass is 248 g/mol. The largest absolute Gasteiger partial charge is 0.416 e. The molecule has 0 unspecified atom stereocenters. The molecule has 0 spiro atoms. The van der Waals surface area contributed by atoms with Gasteiger partial charge in [0.2, 0.25) is 0 Å². The van der Waals surface area contributed by atoms with Crippen molar-refractivity contribution in [3.05, 3.63) is 35.1 Å². The van der Waals surface area contributed by atoms with Gasteiger partial charge in [0, 0.05) is 25.7 Å². The molecule has 6 heteroatoms. The molecular formula is C11H12F4N2. The zero-order chi connectivity index (χ0) is 12.5. The van der Waals surface area contributed by atoms with Gasteiger partial charge in [-0.15, -0.1) is 0 Å². The molecule has 0 radical (unpaired) electrons. The molecule has 2 rings (SSSR count). The lowest BCUT2D eigenvalue weighted by molar-refractivity contribution is -0.138. The zero-order valence-electron chi connectivity index (χ0n) is 8.94. The molecule has 0 bridgehead atoms. The first-order valence-corrected chi connectivity index (χ1v) is 5.26. The Morgan fingerprint density at radius 2 is 2.00 bits per heavy atom. The van der Waals surface area contributed by atoms with Crippen LogP contribution in [-0.2, 0) is 12.7 Å². The highest BCUT2D eigenvalue weighted by molar-refractivity contribution is 5.30. The maximum atomic E-state index is 12.9. The van der Waals surface area contributed by atoms with Crippen molar-refractivity contribution in [3.8, 4) is 0 Å². The summed E-state index contributed by atoms with van der Waals surface area (Å²) in [6.07, 6.45) is -4.44. The average Bonchev–Trinajstić information content (AvgIpc) is 2.13. The van der Waals surface area contributed by atoms with Crippen LogP contribution < -0.4 is 10.6 Å². The number of rotatable bonds is 3. The standard InChI is InChI=1S/C11H12F4N2/c12-8-1-2-10(11(13,14)15)7(3-8)4-17-9-5-16-6-9/h1-3,9,16-17H,4-6H2. The summed E-state index contributed by atoms with van der Waals surface area (Å²) in [5, 5.41) is 5.94. The van der Waals surface area contributed by atoms with Crippen LogP contribution in [0.2, 0.25) is 0 Å². The van der Waals surface area contributed by atoms with Gasteiger partial charge in [-0.05, 0) is 23.8 Å². The lowest BCUT2D eigenvalue weighted by Crippen LogP contribution is -2.55. The minimum Gasteiger partial charge on any atom is -0.314 e. The second-order valence-electron chi connectivity index (χ2n) is 4.04. The molecule has 1 saturated heterocycles. The van der Waals surface area contributed by atoms with Crippen LogP contribution in [0.5, 0.6) is 0 Å². The number of benzene rings is 1. The maximum absolute atomic E-state index is 12.9.